The minimum absolute atomic E-state index is 0.229. The van der Waals surface area contributed by atoms with Crippen LogP contribution in [0, 0.1) is 12.8 Å². The Kier molecular flexibility index (Phi) is 7.29. The molecule has 9 heteroatoms. The quantitative estimate of drug-likeness (QED) is 0.577. The van der Waals surface area contributed by atoms with Gasteiger partial charge >= 0.3 is 6.09 Å². The molecule has 33 heavy (non-hydrogen) atoms. The van der Waals surface area contributed by atoms with Gasteiger partial charge in [-0.15, -0.1) is 11.3 Å². The number of aliphatic hydroxyl groups excluding tert-OH is 1. The van der Waals surface area contributed by atoms with Crippen molar-refractivity contribution in [2.45, 2.75) is 45.1 Å². The molecule has 2 aromatic heterocycles. The van der Waals surface area contributed by atoms with E-state index in [4.69, 9.17) is 10.5 Å². The molecule has 2 amide bonds. The Morgan fingerprint density at radius 1 is 1.36 bits per heavy atom. The summed E-state index contributed by atoms with van der Waals surface area (Å²) in [7, 11) is 0. The summed E-state index contributed by atoms with van der Waals surface area (Å²) in [5.74, 6) is -0.00689. The SMILES string of the molecule is Cc1ccncc1/C=C/C(=O)Nc1sc2c(c1N)CCC(COC(=O)N1CCC(O)CC1)C2. The summed E-state index contributed by atoms with van der Waals surface area (Å²) in [6.07, 6.45) is 9.71. The molecule has 0 saturated carbocycles. The van der Waals surface area contributed by atoms with Crippen LogP contribution in [0.4, 0.5) is 15.5 Å². The summed E-state index contributed by atoms with van der Waals surface area (Å²) in [6.45, 7) is 3.40. The number of carbonyl (C=O) groups excluding carboxylic acids is 2. The normalized spacial score (nSPS) is 18.8. The van der Waals surface area contributed by atoms with Gasteiger partial charge in [0.25, 0.3) is 0 Å². The maximum Gasteiger partial charge on any atom is 0.409 e. The number of likely N-dealkylation sites (tertiary alicyclic amines) is 1. The van der Waals surface area contributed by atoms with Crippen molar-refractivity contribution in [3.05, 3.63) is 46.1 Å². The molecule has 0 radical (unpaired) electrons. The zero-order valence-corrected chi connectivity index (χ0v) is 19.6. The summed E-state index contributed by atoms with van der Waals surface area (Å²) in [5.41, 5.74) is 10.00. The van der Waals surface area contributed by atoms with Crippen LogP contribution in [0.2, 0.25) is 0 Å². The molecule has 4 rings (SSSR count). The van der Waals surface area contributed by atoms with Gasteiger partial charge in [-0.3, -0.25) is 9.78 Å². The zero-order chi connectivity index (χ0) is 23.4. The Balaban J connectivity index is 1.31. The molecular weight excluding hydrogens is 440 g/mol. The molecule has 1 aliphatic carbocycles. The molecule has 0 aromatic carbocycles. The van der Waals surface area contributed by atoms with E-state index in [0.717, 1.165) is 40.8 Å². The van der Waals surface area contributed by atoms with Crippen LogP contribution in [-0.2, 0) is 22.4 Å². The smallest absolute Gasteiger partial charge is 0.409 e. The highest BCUT2D eigenvalue weighted by Crippen LogP contribution is 2.41. The Labute approximate surface area is 197 Å². The predicted octanol–water partition coefficient (Wildman–Crippen LogP) is 3.38. The van der Waals surface area contributed by atoms with Crippen LogP contribution in [0.25, 0.3) is 6.08 Å². The van der Waals surface area contributed by atoms with Crippen molar-refractivity contribution in [3.63, 3.8) is 0 Å². The maximum atomic E-state index is 12.4. The first kappa shape index (κ1) is 23.3. The fourth-order valence-corrected chi connectivity index (χ4v) is 5.50. The number of fused-ring (bicyclic) bond motifs is 1. The minimum Gasteiger partial charge on any atom is -0.449 e. The van der Waals surface area contributed by atoms with Crippen molar-refractivity contribution in [2.24, 2.45) is 5.92 Å². The van der Waals surface area contributed by atoms with E-state index in [9.17, 15) is 14.7 Å². The molecule has 1 atom stereocenters. The second-order valence-electron chi connectivity index (χ2n) is 8.71. The molecule has 1 aliphatic heterocycles. The summed E-state index contributed by atoms with van der Waals surface area (Å²) in [4.78, 5) is 31.6. The lowest BCUT2D eigenvalue weighted by atomic mass is 9.89. The van der Waals surface area contributed by atoms with Crippen LogP contribution in [0.15, 0.2) is 24.5 Å². The molecule has 176 valence electrons. The first-order chi connectivity index (χ1) is 15.9. The standard InChI is InChI=1S/C24H30N4O4S/c1-15-6-9-26-13-17(15)3-5-21(30)27-23-22(25)19-4-2-16(12-20(19)33-23)14-32-24(31)28-10-7-18(29)8-11-28/h3,5-6,9,13,16,18,29H,2,4,7-8,10-12,14,25H2,1H3,(H,27,30)/b5-3+. The van der Waals surface area contributed by atoms with Gasteiger partial charge in [-0.25, -0.2) is 4.79 Å². The third kappa shape index (κ3) is 5.72. The number of pyridine rings is 1. The molecule has 0 bridgehead atoms. The molecule has 1 fully saturated rings. The second kappa shape index (κ2) is 10.4. The molecule has 4 N–H and O–H groups in total. The number of rotatable bonds is 5. The summed E-state index contributed by atoms with van der Waals surface area (Å²) in [5, 5.41) is 13.2. The predicted molar refractivity (Wildman–Crippen MR) is 129 cm³/mol. The van der Waals surface area contributed by atoms with Crippen molar-refractivity contribution >= 4 is 40.1 Å². The van der Waals surface area contributed by atoms with Gasteiger partial charge in [0.05, 0.1) is 18.4 Å². The molecule has 2 aromatic rings. The van der Waals surface area contributed by atoms with Gasteiger partial charge < -0.3 is 25.8 Å². The Morgan fingerprint density at radius 2 is 2.15 bits per heavy atom. The Morgan fingerprint density at radius 3 is 2.91 bits per heavy atom. The topological polar surface area (TPSA) is 118 Å². The highest BCUT2D eigenvalue weighted by atomic mass is 32.1. The van der Waals surface area contributed by atoms with Crippen molar-refractivity contribution in [2.75, 3.05) is 30.7 Å². The summed E-state index contributed by atoms with van der Waals surface area (Å²) >= 11 is 1.50. The number of anilines is 2. The van der Waals surface area contributed by atoms with Crippen LogP contribution in [-0.4, -0.2) is 52.8 Å². The number of hydrogen-bond acceptors (Lipinski definition) is 7. The van der Waals surface area contributed by atoms with Crippen LogP contribution < -0.4 is 11.1 Å². The first-order valence-corrected chi connectivity index (χ1v) is 12.1. The van der Waals surface area contributed by atoms with E-state index in [-0.39, 0.29) is 24.0 Å². The number of piperidine rings is 1. The van der Waals surface area contributed by atoms with Crippen molar-refractivity contribution in [1.29, 1.82) is 0 Å². The van der Waals surface area contributed by atoms with Crippen LogP contribution >= 0.6 is 11.3 Å². The van der Waals surface area contributed by atoms with Gasteiger partial charge in [0, 0.05) is 36.4 Å². The highest BCUT2D eigenvalue weighted by Gasteiger charge is 2.27. The summed E-state index contributed by atoms with van der Waals surface area (Å²) in [6, 6.07) is 1.90. The molecule has 8 nitrogen and oxygen atoms in total. The molecule has 2 aliphatic rings. The van der Waals surface area contributed by atoms with E-state index in [1.54, 1.807) is 23.4 Å². The number of aromatic nitrogens is 1. The number of aliphatic hydroxyl groups is 1. The van der Waals surface area contributed by atoms with Crippen molar-refractivity contribution in [1.82, 2.24) is 9.88 Å². The van der Waals surface area contributed by atoms with Gasteiger partial charge in [0.2, 0.25) is 5.91 Å². The van der Waals surface area contributed by atoms with E-state index in [0.29, 0.717) is 43.2 Å². The van der Waals surface area contributed by atoms with E-state index in [2.05, 4.69) is 10.3 Å². The lowest BCUT2D eigenvalue weighted by Gasteiger charge is -2.30. The van der Waals surface area contributed by atoms with Gasteiger partial charge in [-0.1, -0.05) is 0 Å². The molecule has 0 spiro atoms. The van der Waals surface area contributed by atoms with Gasteiger partial charge in [-0.2, -0.15) is 0 Å². The van der Waals surface area contributed by atoms with E-state index < -0.39 is 0 Å². The third-order valence-corrected chi connectivity index (χ3v) is 7.49. The number of hydrogen-bond donors (Lipinski definition) is 3. The number of nitrogens with zero attached hydrogens (tertiary/aromatic N) is 2. The minimum atomic E-state index is -0.320. The van der Waals surface area contributed by atoms with Crippen LogP contribution in [0.5, 0.6) is 0 Å². The number of ether oxygens (including phenoxy) is 1. The lowest BCUT2D eigenvalue weighted by Crippen LogP contribution is -2.41. The largest absolute Gasteiger partial charge is 0.449 e. The van der Waals surface area contributed by atoms with E-state index in [1.165, 1.54) is 17.4 Å². The van der Waals surface area contributed by atoms with Gasteiger partial charge in [-0.05, 0) is 73.8 Å². The maximum absolute atomic E-state index is 12.4. The second-order valence-corrected chi connectivity index (χ2v) is 9.81. The fraction of sp³-hybridized carbons (Fsp3) is 0.458. The zero-order valence-electron chi connectivity index (χ0n) is 18.8. The number of nitrogens with one attached hydrogen (secondary N) is 1. The molecule has 3 heterocycles. The van der Waals surface area contributed by atoms with E-state index >= 15 is 0 Å². The first-order valence-electron chi connectivity index (χ1n) is 11.3. The lowest BCUT2D eigenvalue weighted by molar-refractivity contribution is -0.111. The number of aryl methyl sites for hydroxylation is 1. The fourth-order valence-electron chi connectivity index (χ4n) is 4.21. The number of carbonyl (C=O) groups is 2. The number of amides is 2. The summed E-state index contributed by atoms with van der Waals surface area (Å²) < 4.78 is 5.55. The van der Waals surface area contributed by atoms with E-state index in [1.807, 2.05) is 13.0 Å². The van der Waals surface area contributed by atoms with Crippen molar-refractivity contribution in [3.8, 4) is 0 Å². The molecule has 1 unspecified atom stereocenters. The Hall–Kier alpha value is -2.91. The van der Waals surface area contributed by atoms with Crippen LogP contribution in [0.1, 0.15) is 40.8 Å². The number of nitrogens with two attached hydrogens (primary N) is 1. The van der Waals surface area contributed by atoms with Gasteiger partial charge in [0.15, 0.2) is 0 Å². The average Bonchev–Trinajstić information content (AvgIpc) is 3.11. The monoisotopic (exact) mass is 470 g/mol. The highest BCUT2D eigenvalue weighted by molar-refractivity contribution is 7.17. The Bertz CT molecular complexity index is 1040. The average molecular weight is 471 g/mol. The van der Waals surface area contributed by atoms with Crippen molar-refractivity contribution < 1.29 is 19.4 Å². The van der Waals surface area contributed by atoms with Crippen LogP contribution in [0.3, 0.4) is 0 Å². The third-order valence-electron chi connectivity index (χ3n) is 6.30. The molecule has 1 saturated heterocycles. The molecular formula is C24H30N4O4S. The number of nitrogen functional groups attached to an aromatic ring is 1. The van der Waals surface area contributed by atoms with Gasteiger partial charge in [0.1, 0.15) is 5.00 Å². The number of thiophene rings is 1.